The highest BCUT2D eigenvalue weighted by Crippen LogP contribution is 2.34. The van der Waals surface area contributed by atoms with Crippen LogP contribution in [0.15, 0.2) is 47.6 Å². The molecule has 0 unspecified atom stereocenters. The molecule has 0 aliphatic carbocycles. The molecular formula is C28H35N3O6S. The molecule has 0 bridgehead atoms. The van der Waals surface area contributed by atoms with Crippen molar-refractivity contribution in [1.29, 1.82) is 0 Å². The largest absolute Gasteiger partial charge is 0.487 e. The third-order valence-electron chi connectivity index (χ3n) is 7.10. The Morgan fingerprint density at radius 2 is 1.87 bits per heavy atom. The van der Waals surface area contributed by atoms with E-state index in [1.807, 2.05) is 6.92 Å². The summed E-state index contributed by atoms with van der Waals surface area (Å²) in [6.07, 6.45) is 4.21. The van der Waals surface area contributed by atoms with E-state index in [1.165, 1.54) is 10.4 Å². The summed E-state index contributed by atoms with van der Waals surface area (Å²) in [5.41, 5.74) is 1.37. The van der Waals surface area contributed by atoms with Crippen molar-refractivity contribution in [1.82, 2.24) is 14.2 Å². The summed E-state index contributed by atoms with van der Waals surface area (Å²) in [5, 5.41) is 9.84. The Balaban J connectivity index is 1.68. The predicted octanol–water partition coefficient (Wildman–Crippen LogP) is 2.14. The molecule has 1 saturated heterocycles. The van der Waals surface area contributed by atoms with Crippen molar-refractivity contribution in [3.8, 4) is 17.6 Å². The van der Waals surface area contributed by atoms with E-state index in [9.17, 15) is 18.3 Å². The van der Waals surface area contributed by atoms with Gasteiger partial charge in [-0.15, -0.1) is 0 Å². The Kier molecular flexibility index (Phi) is 9.05. The molecular weight excluding hydrogens is 506 g/mol. The number of pyridine rings is 1. The van der Waals surface area contributed by atoms with Crippen LogP contribution >= 0.6 is 0 Å². The zero-order valence-corrected chi connectivity index (χ0v) is 22.9. The van der Waals surface area contributed by atoms with E-state index in [1.54, 1.807) is 55.5 Å². The lowest BCUT2D eigenvalue weighted by molar-refractivity contribution is -0.138. The Hall–Kier alpha value is -2.97. The minimum atomic E-state index is -3.96. The molecule has 38 heavy (non-hydrogen) atoms. The molecule has 3 heterocycles. The van der Waals surface area contributed by atoms with E-state index in [4.69, 9.17) is 9.47 Å². The zero-order valence-electron chi connectivity index (χ0n) is 22.0. The highest BCUT2D eigenvalue weighted by atomic mass is 32.2. The van der Waals surface area contributed by atoms with Crippen LogP contribution in [-0.2, 0) is 19.6 Å². The summed E-state index contributed by atoms with van der Waals surface area (Å²) < 4.78 is 40.5. The predicted molar refractivity (Wildman–Crippen MR) is 142 cm³/mol. The molecule has 10 heteroatoms. The number of benzene rings is 1. The van der Waals surface area contributed by atoms with Gasteiger partial charge in [0.05, 0.1) is 13.2 Å². The summed E-state index contributed by atoms with van der Waals surface area (Å²) in [4.78, 5) is 18.8. The van der Waals surface area contributed by atoms with Crippen molar-refractivity contribution in [2.45, 2.75) is 43.7 Å². The molecule has 204 valence electrons. The first-order valence-electron chi connectivity index (χ1n) is 12.9. The van der Waals surface area contributed by atoms with Gasteiger partial charge in [-0.1, -0.05) is 18.8 Å². The summed E-state index contributed by atoms with van der Waals surface area (Å²) in [7, 11) is -2.20. The fourth-order valence-corrected chi connectivity index (χ4v) is 6.54. The van der Waals surface area contributed by atoms with Crippen molar-refractivity contribution in [2.75, 3.05) is 40.0 Å². The van der Waals surface area contributed by atoms with Gasteiger partial charge < -0.3 is 19.5 Å². The maximum absolute atomic E-state index is 13.7. The van der Waals surface area contributed by atoms with Crippen LogP contribution in [0.1, 0.15) is 37.8 Å². The topological polar surface area (TPSA) is 109 Å². The van der Waals surface area contributed by atoms with Crippen molar-refractivity contribution < 1.29 is 27.8 Å². The second-order valence-corrected chi connectivity index (χ2v) is 11.9. The summed E-state index contributed by atoms with van der Waals surface area (Å²) in [6.45, 7) is 4.86. The quantitative estimate of drug-likeness (QED) is 0.578. The van der Waals surface area contributed by atoms with Crippen LogP contribution in [0.4, 0.5) is 0 Å². The van der Waals surface area contributed by atoms with Gasteiger partial charge in [0, 0.05) is 68.2 Å². The number of fused-ring (bicyclic) bond motifs is 1. The van der Waals surface area contributed by atoms with Gasteiger partial charge in [-0.3, -0.25) is 9.78 Å². The smallest absolute Gasteiger partial charge is 0.247 e. The van der Waals surface area contributed by atoms with Crippen LogP contribution < -0.4 is 4.74 Å². The van der Waals surface area contributed by atoms with E-state index in [0.717, 1.165) is 5.56 Å². The van der Waals surface area contributed by atoms with E-state index in [-0.39, 0.29) is 41.5 Å². The lowest BCUT2D eigenvalue weighted by Gasteiger charge is -2.38. The first-order valence-corrected chi connectivity index (χ1v) is 14.3. The molecule has 1 amide bonds. The van der Waals surface area contributed by atoms with Crippen LogP contribution in [0.3, 0.4) is 0 Å². The number of aromatic nitrogens is 1. The number of rotatable bonds is 5. The Morgan fingerprint density at radius 3 is 2.55 bits per heavy atom. The molecule has 0 radical (unpaired) electrons. The van der Waals surface area contributed by atoms with E-state index in [2.05, 4.69) is 16.8 Å². The molecule has 9 nitrogen and oxygen atoms in total. The molecule has 2 aliphatic rings. The van der Waals surface area contributed by atoms with Crippen LogP contribution in [0.25, 0.3) is 0 Å². The normalized spacial score (nSPS) is 22.5. The number of sulfonamides is 1. The van der Waals surface area contributed by atoms with E-state index in [0.29, 0.717) is 38.2 Å². The van der Waals surface area contributed by atoms with Gasteiger partial charge in [-0.2, -0.15) is 4.31 Å². The van der Waals surface area contributed by atoms with Crippen LogP contribution in [0.2, 0.25) is 0 Å². The highest BCUT2D eigenvalue weighted by molar-refractivity contribution is 7.89. The van der Waals surface area contributed by atoms with Gasteiger partial charge in [0.1, 0.15) is 16.7 Å². The van der Waals surface area contributed by atoms with Gasteiger partial charge >= 0.3 is 0 Å². The monoisotopic (exact) mass is 541 g/mol. The minimum Gasteiger partial charge on any atom is -0.487 e. The number of carbonyl (C=O) groups is 1. The molecule has 0 spiro atoms. The standard InChI is InChI=1S/C28H35N3O6S/c1-20-17-31(21(2)19-32)38(34,35)27-7-6-23(5-4-22-8-12-29-13-9-22)16-25(27)37-26(20)18-30(3)28(33)24-10-14-36-15-11-24/h6-9,12-13,16,20-21,24,26,32H,10-11,14-15,17-19H2,1-3H3/t20-,21+,26-/m1/s1. The Labute approximate surface area is 224 Å². The molecule has 1 aromatic heterocycles. The van der Waals surface area contributed by atoms with Crippen molar-refractivity contribution >= 4 is 15.9 Å². The Morgan fingerprint density at radius 1 is 1.18 bits per heavy atom. The molecule has 1 aromatic carbocycles. The number of hydrogen-bond acceptors (Lipinski definition) is 7. The third-order valence-corrected chi connectivity index (χ3v) is 9.12. The van der Waals surface area contributed by atoms with Crippen molar-refractivity contribution in [3.63, 3.8) is 0 Å². The summed E-state index contributed by atoms with van der Waals surface area (Å²) in [5.74, 6) is 5.99. The molecule has 3 atom stereocenters. The van der Waals surface area contributed by atoms with Gasteiger partial charge in [0.2, 0.25) is 15.9 Å². The van der Waals surface area contributed by atoms with Gasteiger partial charge in [-0.25, -0.2) is 8.42 Å². The molecule has 0 saturated carbocycles. The third kappa shape index (κ3) is 6.35. The van der Waals surface area contributed by atoms with Gasteiger partial charge in [-0.05, 0) is 50.1 Å². The maximum Gasteiger partial charge on any atom is 0.247 e. The lowest BCUT2D eigenvalue weighted by atomic mass is 9.97. The number of hydrogen-bond donors (Lipinski definition) is 1. The second kappa shape index (κ2) is 12.3. The van der Waals surface area contributed by atoms with Crippen LogP contribution in [0.5, 0.6) is 5.75 Å². The summed E-state index contributed by atoms with van der Waals surface area (Å²) in [6, 6.07) is 7.74. The molecule has 1 N–H and O–H groups in total. The fourth-order valence-electron chi connectivity index (χ4n) is 4.72. The minimum absolute atomic E-state index is 0.0163. The number of nitrogens with zero attached hydrogens (tertiary/aromatic N) is 3. The van der Waals surface area contributed by atoms with Crippen molar-refractivity contribution in [3.05, 3.63) is 53.9 Å². The molecule has 4 rings (SSSR count). The molecule has 2 aromatic rings. The highest BCUT2D eigenvalue weighted by Gasteiger charge is 2.38. The maximum atomic E-state index is 13.7. The first-order chi connectivity index (χ1) is 18.2. The van der Waals surface area contributed by atoms with Gasteiger partial charge in [0.15, 0.2) is 0 Å². The van der Waals surface area contributed by atoms with E-state index >= 15 is 0 Å². The van der Waals surface area contributed by atoms with Crippen LogP contribution in [0, 0.1) is 23.7 Å². The first kappa shape index (κ1) is 28.0. The second-order valence-electron chi connectivity index (χ2n) is 9.99. The molecule has 2 aliphatic heterocycles. The number of aliphatic hydroxyl groups is 1. The average molecular weight is 542 g/mol. The fraction of sp³-hybridized carbons (Fsp3) is 0.500. The summed E-state index contributed by atoms with van der Waals surface area (Å²) >= 11 is 0. The average Bonchev–Trinajstić information content (AvgIpc) is 2.93. The van der Waals surface area contributed by atoms with Crippen LogP contribution in [-0.4, -0.2) is 85.7 Å². The van der Waals surface area contributed by atoms with Crippen molar-refractivity contribution in [2.24, 2.45) is 11.8 Å². The number of likely N-dealkylation sites (N-methyl/N-ethyl adjacent to an activating group) is 1. The molecule has 1 fully saturated rings. The Bertz CT molecular complexity index is 1280. The number of ether oxygens (including phenoxy) is 2. The van der Waals surface area contributed by atoms with E-state index < -0.39 is 22.2 Å². The number of aliphatic hydroxyl groups excluding tert-OH is 1. The number of carbonyl (C=O) groups excluding carboxylic acids is 1. The van der Waals surface area contributed by atoms with Gasteiger partial charge in [0.25, 0.3) is 0 Å². The SMILES string of the molecule is C[C@@H]1CN([C@@H](C)CO)S(=O)(=O)c2ccc(C#Cc3ccncc3)cc2O[C@@H]1CN(C)C(=O)C1CCOCC1. The lowest BCUT2D eigenvalue weighted by Crippen LogP contribution is -2.50. The zero-order chi connectivity index (χ0) is 27.3. The number of amides is 1.